The molecule has 146 valence electrons. The first kappa shape index (κ1) is 20.5. The van der Waals surface area contributed by atoms with Crippen LogP contribution < -0.4 is 11.1 Å². The Balaban J connectivity index is 1.81. The van der Waals surface area contributed by atoms with Crippen molar-refractivity contribution in [2.75, 3.05) is 33.4 Å². The third kappa shape index (κ3) is 6.12. The molecule has 0 bridgehead atoms. The predicted octanol–water partition coefficient (Wildman–Crippen LogP) is 2.37. The zero-order valence-electron chi connectivity index (χ0n) is 16.2. The highest BCUT2D eigenvalue weighted by Crippen LogP contribution is 2.31. The van der Waals surface area contributed by atoms with Gasteiger partial charge in [-0.15, -0.1) is 0 Å². The standard InChI is InChI=1S/C19H37N3O3/c1-14(2)15-6-8-16(9-7-15)25-13-18-17(20)5-4-11-22(18)19(23)21-10-12-24-3/h14-18H,4-13,20H2,1-3H3,(H,21,23). The number of nitrogens with zero attached hydrogens (tertiary/aromatic N) is 1. The first-order valence-corrected chi connectivity index (χ1v) is 9.93. The minimum Gasteiger partial charge on any atom is -0.383 e. The number of piperidine rings is 1. The van der Waals surface area contributed by atoms with Crippen LogP contribution in [0.4, 0.5) is 4.79 Å². The van der Waals surface area contributed by atoms with Crippen LogP contribution in [-0.4, -0.2) is 62.5 Å². The fourth-order valence-electron chi connectivity index (χ4n) is 4.07. The van der Waals surface area contributed by atoms with Crippen molar-refractivity contribution in [3.8, 4) is 0 Å². The first-order valence-electron chi connectivity index (χ1n) is 9.93. The molecule has 0 spiro atoms. The molecule has 6 heteroatoms. The van der Waals surface area contributed by atoms with Gasteiger partial charge in [0.05, 0.1) is 25.4 Å². The smallest absolute Gasteiger partial charge is 0.317 e. The summed E-state index contributed by atoms with van der Waals surface area (Å²) in [5, 5.41) is 2.91. The number of amides is 2. The molecule has 0 aromatic rings. The molecule has 6 nitrogen and oxygen atoms in total. The molecule has 0 aromatic heterocycles. The van der Waals surface area contributed by atoms with Crippen molar-refractivity contribution >= 4 is 6.03 Å². The number of likely N-dealkylation sites (tertiary alicyclic amines) is 1. The highest BCUT2D eigenvalue weighted by atomic mass is 16.5. The van der Waals surface area contributed by atoms with E-state index in [1.807, 2.05) is 4.90 Å². The van der Waals surface area contributed by atoms with Crippen molar-refractivity contribution in [2.24, 2.45) is 17.6 Å². The molecule has 1 saturated heterocycles. The van der Waals surface area contributed by atoms with Crippen LogP contribution in [0.25, 0.3) is 0 Å². The summed E-state index contributed by atoms with van der Waals surface area (Å²) in [4.78, 5) is 14.3. The van der Waals surface area contributed by atoms with Crippen LogP contribution in [0.1, 0.15) is 52.4 Å². The number of nitrogens with two attached hydrogens (primary N) is 1. The van der Waals surface area contributed by atoms with E-state index >= 15 is 0 Å². The number of methoxy groups -OCH3 is 1. The Labute approximate surface area is 152 Å². The maximum absolute atomic E-state index is 12.4. The molecule has 2 fully saturated rings. The molecule has 2 rings (SSSR count). The Morgan fingerprint density at radius 3 is 2.60 bits per heavy atom. The molecule has 2 atom stereocenters. The molecule has 0 aromatic carbocycles. The number of carbonyl (C=O) groups excluding carboxylic acids is 1. The summed E-state index contributed by atoms with van der Waals surface area (Å²) in [6.07, 6.45) is 6.99. The fourth-order valence-corrected chi connectivity index (χ4v) is 4.07. The summed E-state index contributed by atoms with van der Waals surface area (Å²) in [5.74, 6) is 1.60. The normalized spacial score (nSPS) is 30.5. The maximum atomic E-state index is 12.4. The number of nitrogens with one attached hydrogen (secondary N) is 1. The quantitative estimate of drug-likeness (QED) is 0.687. The second-order valence-corrected chi connectivity index (χ2v) is 7.91. The van der Waals surface area contributed by atoms with Gasteiger partial charge in [-0.25, -0.2) is 4.79 Å². The van der Waals surface area contributed by atoms with Crippen LogP contribution in [0.5, 0.6) is 0 Å². The van der Waals surface area contributed by atoms with E-state index in [0.717, 1.165) is 44.1 Å². The van der Waals surface area contributed by atoms with Crippen LogP contribution in [0.2, 0.25) is 0 Å². The summed E-state index contributed by atoms with van der Waals surface area (Å²) >= 11 is 0. The van der Waals surface area contributed by atoms with Gasteiger partial charge in [-0.1, -0.05) is 13.8 Å². The minimum absolute atomic E-state index is 0.00562. The van der Waals surface area contributed by atoms with Crippen molar-refractivity contribution in [3.05, 3.63) is 0 Å². The zero-order chi connectivity index (χ0) is 18.2. The lowest BCUT2D eigenvalue weighted by atomic mass is 9.80. The lowest BCUT2D eigenvalue weighted by molar-refractivity contribution is -0.0228. The molecule has 2 aliphatic rings. The summed E-state index contributed by atoms with van der Waals surface area (Å²) in [6, 6.07) is -0.0858. The van der Waals surface area contributed by atoms with Gasteiger partial charge in [-0.3, -0.25) is 0 Å². The average Bonchev–Trinajstić information content (AvgIpc) is 2.61. The van der Waals surface area contributed by atoms with Gasteiger partial charge >= 0.3 is 6.03 Å². The topological polar surface area (TPSA) is 76.8 Å². The van der Waals surface area contributed by atoms with Crippen LogP contribution in [0, 0.1) is 11.8 Å². The molecule has 2 amide bonds. The Morgan fingerprint density at radius 1 is 1.24 bits per heavy atom. The summed E-state index contributed by atoms with van der Waals surface area (Å²) in [6.45, 7) is 6.97. The van der Waals surface area contributed by atoms with Gasteiger partial charge in [-0.05, 0) is 50.4 Å². The second-order valence-electron chi connectivity index (χ2n) is 7.91. The minimum atomic E-state index is -0.0516. The summed E-state index contributed by atoms with van der Waals surface area (Å²) in [7, 11) is 1.63. The number of rotatable bonds is 7. The van der Waals surface area contributed by atoms with Gasteiger partial charge in [0, 0.05) is 26.2 Å². The molecule has 0 radical (unpaired) electrons. The third-order valence-electron chi connectivity index (χ3n) is 5.84. The molecule has 25 heavy (non-hydrogen) atoms. The van der Waals surface area contributed by atoms with E-state index in [1.54, 1.807) is 7.11 Å². The molecular weight excluding hydrogens is 318 g/mol. The lowest BCUT2D eigenvalue weighted by Crippen LogP contribution is -2.59. The highest BCUT2D eigenvalue weighted by Gasteiger charge is 2.33. The number of hydrogen-bond donors (Lipinski definition) is 2. The first-order chi connectivity index (χ1) is 12.0. The van der Waals surface area contributed by atoms with Crippen molar-refractivity contribution in [2.45, 2.75) is 70.6 Å². The molecular formula is C19H37N3O3. The number of carbonyl (C=O) groups is 1. The largest absolute Gasteiger partial charge is 0.383 e. The average molecular weight is 356 g/mol. The molecule has 1 saturated carbocycles. The summed E-state index contributed by atoms with van der Waals surface area (Å²) < 4.78 is 11.2. The van der Waals surface area contributed by atoms with Crippen LogP contribution >= 0.6 is 0 Å². The van der Waals surface area contributed by atoms with E-state index in [-0.39, 0.29) is 18.1 Å². The molecule has 1 aliphatic heterocycles. The van der Waals surface area contributed by atoms with E-state index in [4.69, 9.17) is 15.2 Å². The van der Waals surface area contributed by atoms with Crippen LogP contribution in [-0.2, 0) is 9.47 Å². The monoisotopic (exact) mass is 355 g/mol. The van der Waals surface area contributed by atoms with E-state index in [2.05, 4.69) is 19.2 Å². The predicted molar refractivity (Wildman–Crippen MR) is 99.5 cm³/mol. The summed E-state index contributed by atoms with van der Waals surface area (Å²) in [5.41, 5.74) is 6.31. The van der Waals surface area contributed by atoms with Gasteiger partial charge < -0.3 is 25.4 Å². The highest BCUT2D eigenvalue weighted by molar-refractivity contribution is 5.74. The molecule has 1 heterocycles. The fraction of sp³-hybridized carbons (Fsp3) is 0.947. The van der Waals surface area contributed by atoms with E-state index < -0.39 is 0 Å². The van der Waals surface area contributed by atoms with Gasteiger partial charge in [0.1, 0.15) is 0 Å². The number of urea groups is 1. The van der Waals surface area contributed by atoms with E-state index in [1.165, 1.54) is 12.8 Å². The van der Waals surface area contributed by atoms with E-state index in [9.17, 15) is 4.79 Å². The Morgan fingerprint density at radius 2 is 1.96 bits per heavy atom. The third-order valence-corrected chi connectivity index (χ3v) is 5.84. The van der Waals surface area contributed by atoms with E-state index in [0.29, 0.717) is 25.9 Å². The van der Waals surface area contributed by atoms with Gasteiger partial charge in [0.2, 0.25) is 0 Å². The zero-order valence-corrected chi connectivity index (χ0v) is 16.2. The Kier molecular flexibility index (Phi) is 8.46. The van der Waals surface area contributed by atoms with Crippen molar-refractivity contribution < 1.29 is 14.3 Å². The van der Waals surface area contributed by atoms with Crippen molar-refractivity contribution in [3.63, 3.8) is 0 Å². The second kappa shape index (κ2) is 10.3. The van der Waals surface area contributed by atoms with Gasteiger partial charge in [0.15, 0.2) is 0 Å². The molecule has 2 unspecified atom stereocenters. The number of hydrogen-bond acceptors (Lipinski definition) is 4. The van der Waals surface area contributed by atoms with Gasteiger partial charge in [0.25, 0.3) is 0 Å². The number of ether oxygens (including phenoxy) is 2. The Bertz CT molecular complexity index is 397. The SMILES string of the molecule is COCCNC(=O)N1CCCC(N)C1COC1CCC(C(C)C)CC1. The Hall–Kier alpha value is -0.850. The van der Waals surface area contributed by atoms with Crippen LogP contribution in [0.3, 0.4) is 0 Å². The molecule has 3 N–H and O–H groups in total. The van der Waals surface area contributed by atoms with Crippen molar-refractivity contribution in [1.82, 2.24) is 10.2 Å². The van der Waals surface area contributed by atoms with Crippen molar-refractivity contribution in [1.29, 1.82) is 0 Å². The maximum Gasteiger partial charge on any atom is 0.317 e. The lowest BCUT2D eigenvalue weighted by Gasteiger charge is -2.40. The molecule has 1 aliphatic carbocycles. The van der Waals surface area contributed by atoms with Gasteiger partial charge in [-0.2, -0.15) is 0 Å². The van der Waals surface area contributed by atoms with Crippen LogP contribution in [0.15, 0.2) is 0 Å².